The lowest BCUT2D eigenvalue weighted by Gasteiger charge is -2.26. The van der Waals surface area contributed by atoms with Crippen molar-refractivity contribution in [2.75, 3.05) is 5.32 Å². The molecule has 0 atom stereocenters. The lowest BCUT2D eigenvalue weighted by atomic mass is 9.78. The van der Waals surface area contributed by atoms with Crippen LogP contribution >= 0.6 is 11.3 Å². The van der Waals surface area contributed by atoms with Gasteiger partial charge in [-0.2, -0.15) is 4.31 Å². The van der Waals surface area contributed by atoms with E-state index in [1.807, 2.05) is 58.0 Å². The van der Waals surface area contributed by atoms with Gasteiger partial charge < -0.3 is 0 Å². The summed E-state index contributed by atoms with van der Waals surface area (Å²) in [5.74, 6) is -0.356. The first-order valence-corrected chi connectivity index (χ1v) is 13.7. The summed E-state index contributed by atoms with van der Waals surface area (Å²) in [5.41, 5.74) is 1.78. The molecule has 35 heavy (non-hydrogen) atoms. The minimum atomic E-state index is -3.77. The van der Waals surface area contributed by atoms with Gasteiger partial charge in [0, 0.05) is 24.6 Å². The number of rotatable bonds is 7. The standard InChI is InChI=1S/C26H29N3O4S2/c1-17(2)29(16-18-8-6-5-7-9-18)35(32,33)20-12-10-19(11-13-20)24(31)28-25-27-21-14-26(3,4)15-22(30)23(21)34-25/h5-13,17H,14-16H2,1-4H3,(H,27,28,31). The van der Waals surface area contributed by atoms with Gasteiger partial charge in [-0.1, -0.05) is 55.5 Å². The fourth-order valence-electron chi connectivity index (χ4n) is 4.17. The number of nitrogens with one attached hydrogen (secondary N) is 1. The highest BCUT2D eigenvalue weighted by molar-refractivity contribution is 7.89. The minimum Gasteiger partial charge on any atom is -0.298 e. The molecule has 1 aliphatic rings. The molecule has 1 aromatic heterocycles. The maximum absolute atomic E-state index is 13.3. The van der Waals surface area contributed by atoms with Crippen molar-refractivity contribution >= 4 is 38.2 Å². The number of benzene rings is 2. The zero-order valence-electron chi connectivity index (χ0n) is 20.2. The third-order valence-corrected chi connectivity index (χ3v) is 9.03. The summed E-state index contributed by atoms with van der Waals surface area (Å²) in [6.07, 6.45) is 1.14. The first-order valence-electron chi connectivity index (χ1n) is 11.5. The molecule has 0 radical (unpaired) electrons. The number of anilines is 1. The van der Waals surface area contributed by atoms with Crippen LogP contribution < -0.4 is 5.32 Å². The molecule has 0 saturated carbocycles. The minimum absolute atomic E-state index is 0.0500. The highest BCUT2D eigenvalue weighted by Crippen LogP contribution is 2.38. The Balaban J connectivity index is 1.50. The van der Waals surface area contributed by atoms with Gasteiger partial charge in [-0.3, -0.25) is 14.9 Å². The van der Waals surface area contributed by atoms with E-state index < -0.39 is 15.9 Å². The van der Waals surface area contributed by atoms with Gasteiger partial charge in [-0.05, 0) is 55.5 Å². The van der Waals surface area contributed by atoms with Gasteiger partial charge in [-0.15, -0.1) is 0 Å². The molecular formula is C26H29N3O4S2. The van der Waals surface area contributed by atoms with Gasteiger partial charge in [-0.25, -0.2) is 13.4 Å². The molecular weight excluding hydrogens is 482 g/mol. The molecule has 0 saturated heterocycles. The van der Waals surface area contributed by atoms with Crippen molar-refractivity contribution in [3.63, 3.8) is 0 Å². The summed E-state index contributed by atoms with van der Waals surface area (Å²) >= 11 is 1.19. The number of thiazole rings is 1. The predicted molar refractivity (Wildman–Crippen MR) is 137 cm³/mol. The maximum Gasteiger partial charge on any atom is 0.257 e. The van der Waals surface area contributed by atoms with Crippen LogP contribution in [-0.4, -0.2) is 35.4 Å². The maximum atomic E-state index is 13.3. The quantitative estimate of drug-likeness (QED) is 0.473. The summed E-state index contributed by atoms with van der Waals surface area (Å²) < 4.78 is 28.1. The summed E-state index contributed by atoms with van der Waals surface area (Å²) in [4.78, 5) is 30.4. The van der Waals surface area contributed by atoms with Gasteiger partial charge in [0.1, 0.15) is 0 Å². The number of sulfonamides is 1. The van der Waals surface area contributed by atoms with E-state index in [2.05, 4.69) is 10.3 Å². The predicted octanol–water partition coefficient (Wildman–Crippen LogP) is 5.15. The molecule has 184 valence electrons. The van der Waals surface area contributed by atoms with Crippen molar-refractivity contribution in [3.8, 4) is 0 Å². The lowest BCUT2D eigenvalue weighted by molar-refractivity contribution is 0.0915. The molecule has 1 amide bonds. The zero-order valence-corrected chi connectivity index (χ0v) is 21.9. The summed E-state index contributed by atoms with van der Waals surface area (Å²) in [7, 11) is -3.77. The monoisotopic (exact) mass is 511 g/mol. The van der Waals surface area contributed by atoms with Gasteiger partial charge in [0.05, 0.1) is 15.5 Å². The largest absolute Gasteiger partial charge is 0.298 e. The third kappa shape index (κ3) is 5.52. The second-order valence-electron chi connectivity index (χ2n) is 9.84. The number of nitrogens with zero attached hydrogens (tertiary/aromatic N) is 2. The number of hydrogen-bond donors (Lipinski definition) is 1. The van der Waals surface area contributed by atoms with Crippen molar-refractivity contribution < 1.29 is 18.0 Å². The Hall–Kier alpha value is -2.88. The topological polar surface area (TPSA) is 96.4 Å². The average molecular weight is 512 g/mol. The van der Waals surface area contributed by atoms with E-state index in [4.69, 9.17) is 0 Å². The average Bonchev–Trinajstić information content (AvgIpc) is 3.19. The number of amides is 1. The van der Waals surface area contributed by atoms with Crippen molar-refractivity contribution in [1.82, 2.24) is 9.29 Å². The summed E-state index contributed by atoms with van der Waals surface area (Å²) in [6, 6.07) is 15.1. The number of fused-ring (bicyclic) bond motifs is 1. The van der Waals surface area contributed by atoms with Gasteiger partial charge in [0.2, 0.25) is 10.0 Å². The van der Waals surface area contributed by atoms with Gasteiger partial charge in [0.15, 0.2) is 10.9 Å². The molecule has 9 heteroatoms. The fraction of sp³-hybridized carbons (Fsp3) is 0.346. The smallest absolute Gasteiger partial charge is 0.257 e. The Morgan fingerprint density at radius 3 is 2.37 bits per heavy atom. The fourth-order valence-corrected chi connectivity index (χ4v) is 6.70. The summed E-state index contributed by atoms with van der Waals surface area (Å²) in [6.45, 7) is 7.99. The Kier molecular flexibility index (Phi) is 6.95. The molecule has 4 rings (SSSR count). The molecule has 0 aliphatic heterocycles. The van der Waals surface area contributed by atoms with Crippen LogP contribution in [0.15, 0.2) is 59.5 Å². The van der Waals surface area contributed by atoms with E-state index in [0.29, 0.717) is 28.4 Å². The Morgan fingerprint density at radius 1 is 1.09 bits per heavy atom. The Labute approximate surface area is 210 Å². The lowest BCUT2D eigenvalue weighted by Crippen LogP contribution is -2.36. The van der Waals surface area contributed by atoms with Crippen LogP contribution in [0.25, 0.3) is 0 Å². The number of aromatic nitrogens is 1. The Bertz CT molecular complexity index is 1340. The molecule has 0 unspecified atom stereocenters. The molecule has 3 aromatic rings. The molecule has 7 nitrogen and oxygen atoms in total. The first-order chi connectivity index (χ1) is 16.5. The van der Waals surface area contributed by atoms with Crippen molar-refractivity contribution in [2.45, 2.75) is 58.0 Å². The number of carbonyl (C=O) groups is 2. The third-order valence-electron chi connectivity index (χ3n) is 5.94. The first kappa shape index (κ1) is 25.2. The highest BCUT2D eigenvalue weighted by Gasteiger charge is 2.34. The van der Waals surface area contributed by atoms with Crippen LogP contribution in [0.1, 0.15) is 65.4 Å². The van der Waals surface area contributed by atoms with Crippen molar-refractivity contribution in [2.24, 2.45) is 5.41 Å². The molecule has 1 aliphatic carbocycles. The van der Waals surface area contributed by atoms with Crippen LogP contribution in [0.5, 0.6) is 0 Å². The van der Waals surface area contributed by atoms with Crippen LogP contribution in [0.3, 0.4) is 0 Å². The number of ketones is 1. The van der Waals surface area contributed by atoms with Crippen LogP contribution in [0.2, 0.25) is 0 Å². The Morgan fingerprint density at radius 2 is 1.74 bits per heavy atom. The SMILES string of the molecule is CC(C)N(Cc1ccccc1)S(=O)(=O)c1ccc(C(=O)Nc2nc3c(s2)C(=O)CC(C)(C)C3)cc1. The molecule has 1 heterocycles. The molecule has 2 aromatic carbocycles. The second-order valence-corrected chi connectivity index (χ2v) is 12.7. The molecule has 0 bridgehead atoms. The van der Waals surface area contributed by atoms with E-state index in [1.54, 1.807) is 0 Å². The highest BCUT2D eigenvalue weighted by atomic mass is 32.2. The van der Waals surface area contributed by atoms with E-state index in [-0.39, 0.29) is 28.7 Å². The van der Waals surface area contributed by atoms with Crippen LogP contribution in [-0.2, 0) is 23.0 Å². The van der Waals surface area contributed by atoms with Gasteiger partial charge in [0.25, 0.3) is 5.91 Å². The van der Waals surface area contributed by atoms with Crippen LogP contribution in [0.4, 0.5) is 5.13 Å². The van der Waals surface area contributed by atoms with E-state index in [9.17, 15) is 18.0 Å². The molecule has 0 fully saturated rings. The van der Waals surface area contributed by atoms with Gasteiger partial charge >= 0.3 is 0 Å². The molecule has 0 spiro atoms. The van der Waals surface area contributed by atoms with E-state index >= 15 is 0 Å². The van der Waals surface area contributed by atoms with E-state index in [0.717, 1.165) is 11.3 Å². The number of carbonyl (C=O) groups excluding carboxylic acids is 2. The molecule has 1 N–H and O–H groups in total. The normalized spacial score (nSPS) is 15.3. The van der Waals surface area contributed by atoms with Crippen LogP contribution in [0, 0.1) is 5.41 Å². The second kappa shape index (κ2) is 9.64. The van der Waals surface area contributed by atoms with Crippen molar-refractivity contribution in [3.05, 3.63) is 76.3 Å². The zero-order chi connectivity index (χ0) is 25.4. The summed E-state index contributed by atoms with van der Waals surface area (Å²) in [5, 5.41) is 3.12. The number of Topliss-reactive ketones (excluding diaryl/α,β-unsaturated/α-hetero) is 1. The van der Waals surface area contributed by atoms with Crippen molar-refractivity contribution in [1.29, 1.82) is 0 Å². The number of hydrogen-bond acceptors (Lipinski definition) is 6. The van der Waals surface area contributed by atoms with E-state index in [1.165, 1.54) is 39.9 Å².